The number of aromatic nitrogens is 3. The topological polar surface area (TPSA) is 58.4 Å². The number of benzene rings is 1. The molecule has 0 saturated carbocycles. The lowest BCUT2D eigenvalue weighted by atomic mass is 10.1. The summed E-state index contributed by atoms with van der Waals surface area (Å²) in [7, 11) is 0.562. The Labute approximate surface area is 197 Å². The lowest BCUT2D eigenvalue weighted by Gasteiger charge is -2.15. The predicted molar refractivity (Wildman–Crippen MR) is 133 cm³/mol. The second kappa shape index (κ2) is 9.62. The molecule has 1 aromatic carbocycles. The third kappa shape index (κ3) is 5.69. The summed E-state index contributed by atoms with van der Waals surface area (Å²) in [5.41, 5.74) is 2.58. The van der Waals surface area contributed by atoms with Gasteiger partial charge < -0.3 is 18.8 Å². The van der Waals surface area contributed by atoms with Crippen LogP contribution in [0.25, 0.3) is 21.5 Å². The first-order valence-corrected chi connectivity index (χ1v) is 15.2. The quantitative estimate of drug-likeness (QED) is 0.189. The maximum Gasteiger partial charge on any atom is 0.237 e. The van der Waals surface area contributed by atoms with Crippen LogP contribution < -0.4 is 9.47 Å². The zero-order valence-electron chi connectivity index (χ0n) is 18.6. The zero-order valence-corrected chi connectivity index (χ0v) is 21.2. The lowest BCUT2D eigenvalue weighted by molar-refractivity contribution is 0.0870. The van der Waals surface area contributed by atoms with E-state index in [1.165, 1.54) is 11.3 Å². The summed E-state index contributed by atoms with van der Waals surface area (Å²) >= 11 is 7.95. The number of fused-ring (bicyclic) bond motifs is 1. The van der Waals surface area contributed by atoms with Crippen molar-refractivity contribution in [3.63, 3.8) is 0 Å². The molecule has 0 unspecified atom stereocenters. The third-order valence-corrected chi connectivity index (χ3v) is 8.06. The Bertz CT molecular complexity index is 1200. The van der Waals surface area contributed by atoms with Crippen molar-refractivity contribution in [1.82, 2.24) is 14.5 Å². The molecule has 3 heterocycles. The molecule has 0 bridgehead atoms. The van der Waals surface area contributed by atoms with Gasteiger partial charge in [0.2, 0.25) is 5.88 Å². The van der Waals surface area contributed by atoms with Gasteiger partial charge in [-0.1, -0.05) is 42.6 Å². The molecule has 3 aromatic heterocycles. The highest BCUT2D eigenvalue weighted by molar-refractivity contribution is 7.21. The van der Waals surface area contributed by atoms with Crippen molar-refractivity contribution in [3.8, 4) is 28.0 Å². The molecule has 0 atom stereocenters. The first-order chi connectivity index (χ1) is 15.3. The number of methoxy groups -OCH3 is 1. The van der Waals surface area contributed by atoms with Crippen LogP contribution in [0.1, 0.15) is 0 Å². The maximum absolute atomic E-state index is 6.46. The summed E-state index contributed by atoms with van der Waals surface area (Å²) in [5, 5.41) is 1.45. The van der Waals surface area contributed by atoms with Crippen molar-refractivity contribution in [2.24, 2.45) is 0 Å². The second-order valence-electron chi connectivity index (χ2n) is 8.67. The smallest absolute Gasteiger partial charge is 0.237 e. The SMILES string of the molecule is COc1cc2nc(-c3ccc(Oc4cn(COCC[Si](C)(C)C)cn4)cc3)cc(Cl)c2s1. The van der Waals surface area contributed by atoms with Crippen molar-refractivity contribution in [3.05, 3.63) is 53.9 Å². The highest BCUT2D eigenvalue weighted by Crippen LogP contribution is 2.37. The number of ether oxygens (including phenoxy) is 3. The van der Waals surface area contributed by atoms with E-state index in [1.54, 1.807) is 13.4 Å². The van der Waals surface area contributed by atoms with Crippen LogP contribution in [-0.2, 0) is 11.5 Å². The first-order valence-electron chi connectivity index (χ1n) is 10.3. The van der Waals surface area contributed by atoms with Crippen LogP contribution in [0.2, 0.25) is 30.7 Å². The number of imidazole rings is 1. The van der Waals surface area contributed by atoms with Crippen molar-refractivity contribution in [2.45, 2.75) is 32.4 Å². The number of hydrogen-bond donors (Lipinski definition) is 0. The van der Waals surface area contributed by atoms with Crippen LogP contribution in [0.15, 0.2) is 48.9 Å². The minimum absolute atomic E-state index is 0.474. The van der Waals surface area contributed by atoms with Crippen LogP contribution in [0, 0.1) is 0 Å². The second-order valence-corrected chi connectivity index (χ2v) is 15.7. The molecule has 0 amide bonds. The summed E-state index contributed by atoms with van der Waals surface area (Å²) in [5.74, 6) is 1.22. The summed E-state index contributed by atoms with van der Waals surface area (Å²) < 4.78 is 19.7. The van der Waals surface area contributed by atoms with Crippen LogP contribution in [0.5, 0.6) is 16.7 Å². The van der Waals surface area contributed by atoms with Gasteiger partial charge in [0, 0.05) is 26.3 Å². The van der Waals surface area contributed by atoms with Crippen molar-refractivity contribution in [1.29, 1.82) is 0 Å². The van der Waals surface area contributed by atoms with Gasteiger partial charge in [0.05, 0.1) is 34.2 Å². The third-order valence-electron chi connectivity index (χ3n) is 4.83. The molecule has 0 aliphatic heterocycles. The molecule has 0 saturated heterocycles. The van der Waals surface area contributed by atoms with E-state index in [9.17, 15) is 0 Å². The summed E-state index contributed by atoms with van der Waals surface area (Å²) in [6.07, 6.45) is 3.55. The molecule has 9 heteroatoms. The van der Waals surface area contributed by atoms with Crippen molar-refractivity contribution < 1.29 is 14.2 Å². The van der Waals surface area contributed by atoms with E-state index in [0.29, 0.717) is 23.4 Å². The average Bonchev–Trinajstić information content (AvgIpc) is 3.38. The molecular weight excluding hydrogens is 462 g/mol. The van der Waals surface area contributed by atoms with Gasteiger partial charge in [0.15, 0.2) is 5.06 Å². The summed E-state index contributed by atoms with van der Waals surface area (Å²) in [4.78, 5) is 9.03. The van der Waals surface area contributed by atoms with Gasteiger partial charge in [-0.05, 0) is 36.4 Å². The largest absolute Gasteiger partial charge is 0.487 e. The fourth-order valence-electron chi connectivity index (χ4n) is 3.04. The molecule has 0 aliphatic rings. The molecule has 4 aromatic rings. The van der Waals surface area contributed by atoms with Gasteiger partial charge in [0.25, 0.3) is 0 Å². The van der Waals surface area contributed by atoms with E-state index in [-0.39, 0.29) is 0 Å². The first kappa shape index (κ1) is 22.8. The van der Waals surface area contributed by atoms with Gasteiger partial charge in [-0.2, -0.15) is 0 Å². The van der Waals surface area contributed by atoms with Crippen LogP contribution in [0.4, 0.5) is 0 Å². The molecule has 4 rings (SSSR count). The Morgan fingerprint density at radius 1 is 1.12 bits per heavy atom. The molecular formula is C23H26ClN3O3SSi. The molecule has 168 valence electrons. The Kier molecular flexibility index (Phi) is 6.85. The van der Waals surface area contributed by atoms with Gasteiger partial charge in [-0.3, -0.25) is 0 Å². The van der Waals surface area contributed by atoms with Gasteiger partial charge in [-0.15, -0.1) is 0 Å². The number of pyridine rings is 1. The van der Waals surface area contributed by atoms with Crippen LogP contribution >= 0.6 is 22.9 Å². The van der Waals surface area contributed by atoms with E-state index in [4.69, 9.17) is 30.8 Å². The summed E-state index contributed by atoms with van der Waals surface area (Å²) in [6.45, 7) is 8.27. The Morgan fingerprint density at radius 2 is 1.91 bits per heavy atom. The minimum Gasteiger partial charge on any atom is -0.487 e. The molecule has 0 fully saturated rings. The maximum atomic E-state index is 6.46. The van der Waals surface area contributed by atoms with Crippen LogP contribution in [-0.4, -0.2) is 36.3 Å². The molecule has 0 aliphatic carbocycles. The number of rotatable bonds is 9. The monoisotopic (exact) mass is 487 g/mol. The highest BCUT2D eigenvalue weighted by Gasteiger charge is 2.13. The van der Waals surface area contributed by atoms with E-state index >= 15 is 0 Å². The van der Waals surface area contributed by atoms with E-state index in [1.807, 2.05) is 47.2 Å². The highest BCUT2D eigenvalue weighted by atomic mass is 35.5. The average molecular weight is 488 g/mol. The summed E-state index contributed by atoms with van der Waals surface area (Å²) in [6, 6.07) is 12.6. The van der Waals surface area contributed by atoms with Gasteiger partial charge >= 0.3 is 0 Å². The fourth-order valence-corrected chi connectivity index (χ4v) is 4.93. The van der Waals surface area contributed by atoms with Crippen molar-refractivity contribution >= 4 is 41.2 Å². The Hall–Kier alpha value is -2.39. The Balaban J connectivity index is 1.39. The number of hydrogen-bond acceptors (Lipinski definition) is 6. The normalized spacial score (nSPS) is 11.8. The number of halogens is 1. The molecule has 32 heavy (non-hydrogen) atoms. The molecule has 6 nitrogen and oxygen atoms in total. The lowest BCUT2D eigenvalue weighted by Crippen LogP contribution is -2.21. The standard InChI is InChI=1S/C23H26ClN3O3SSi/c1-28-22-12-20-23(31-22)18(24)11-19(26-20)16-5-7-17(8-6-16)30-21-13-27(14-25-21)15-29-9-10-32(2,3)4/h5-8,11-14H,9-10,15H2,1-4H3. The molecule has 0 spiro atoms. The minimum atomic E-state index is -1.08. The molecule has 0 N–H and O–H groups in total. The van der Waals surface area contributed by atoms with Crippen LogP contribution in [0.3, 0.4) is 0 Å². The molecule has 0 radical (unpaired) electrons. The van der Waals surface area contributed by atoms with Gasteiger partial charge in [0.1, 0.15) is 18.8 Å². The van der Waals surface area contributed by atoms with E-state index in [0.717, 1.165) is 39.2 Å². The van der Waals surface area contributed by atoms with Crippen molar-refractivity contribution in [2.75, 3.05) is 13.7 Å². The zero-order chi connectivity index (χ0) is 22.7. The Morgan fingerprint density at radius 3 is 2.62 bits per heavy atom. The fraction of sp³-hybridized carbons (Fsp3) is 0.304. The number of thiophene rings is 1. The van der Waals surface area contributed by atoms with E-state index in [2.05, 4.69) is 24.6 Å². The number of nitrogens with zero attached hydrogens (tertiary/aromatic N) is 3. The van der Waals surface area contributed by atoms with Gasteiger partial charge in [-0.25, -0.2) is 9.97 Å². The predicted octanol–water partition coefficient (Wildman–Crippen LogP) is 6.93. The van der Waals surface area contributed by atoms with E-state index < -0.39 is 8.07 Å².